The summed E-state index contributed by atoms with van der Waals surface area (Å²) in [4.78, 5) is 8.40. The van der Waals surface area contributed by atoms with Crippen LogP contribution in [0.1, 0.15) is 26.5 Å². The fourth-order valence-electron chi connectivity index (χ4n) is 1.36. The number of aromatic nitrogens is 4. The molecule has 5 nitrogen and oxygen atoms in total. The molecule has 0 unspecified atom stereocenters. The van der Waals surface area contributed by atoms with Gasteiger partial charge < -0.3 is 5.73 Å². The second-order valence-electron chi connectivity index (χ2n) is 4.67. The highest BCUT2D eigenvalue weighted by atomic mass is 15.3. The van der Waals surface area contributed by atoms with Gasteiger partial charge in [-0.05, 0) is 6.07 Å². The van der Waals surface area contributed by atoms with Gasteiger partial charge in [0.05, 0.1) is 5.69 Å². The van der Waals surface area contributed by atoms with Gasteiger partial charge >= 0.3 is 0 Å². The molecule has 0 aliphatic carbocycles. The zero-order valence-corrected chi connectivity index (χ0v) is 9.68. The van der Waals surface area contributed by atoms with Crippen LogP contribution in [0.3, 0.4) is 0 Å². The van der Waals surface area contributed by atoms with Crippen molar-refractivity contribution in [3.63, 3.8) is 0 Å². The van der Waals surface area contributed by atoms with E-state index in [1.54, 1.807) is 10.9 Å². The molecule has 0 saturated heterocycles. The monoisotopic (exact) mass is 217 g/mol. The second kappa shape index (κ2) is 3.59. The minimum absolute atomic E-state index is 0.0566. The van der Waals surface area contributed by atoms with Crippen LogP contribution in [0.2, 0.25) is 0 Å². The normalized spacial score (nSPS) is 11.7. The molecule has 0 bridgehead atoms. The number of hydrogen-bond acceptors (Lipinski definition) is 4. The maximum Gasteiger partial charge on any atom is 0.222 e. The number of nitrogens with two attached hydrogens (primary N) is 1. The first kappa shape index (κ1) is 10.6. The molecule has 2 N–H and O–H groups in total. The van der Waals surface area contributed by atoms with E-state index in [-0.39, 0.29) is 11.4 Å². The van der Waals surface area contributed by atoms with Gasteiger partial charge in [0.25, 0.3) is 0 Å². The van der Waals surface area contributed by atoms with Gasteiger partial charge in [-0.25, -0.2) is 9.67 Å². The molecular formula is C11H15N5. The van der Waals surface area contributed by atoms with Gasteiger partial charge in [0.15, 0.2) is 5.82 Å². The topological polar surface area (TPSA) is 69.6 Å². The Kier molecular flexibility index (Phi) is 2.38. The number of anilines is 1. The van der Waals surface area contributed by atoms with Crippen molar-refractivity contribution in [1.82, 2.24) is 19.7 Å². The summed E-state index contributed by atoms with van der Waals surface area (Å²) in [5, 5.41) is 4.12. The Morgan fingerprint density at radius 1 is 1.25 bits per heavy atom. The van der Waals surface area contributed by atoms with Gasteiger partial charge in [-0.1, -0.05) is 20.8 Å². The van der Waals surface area contributed by atoms with Crippen molar-refractivity contribution in [2.24, 2.45) is 0 Å². The summed E-state index contributed by atoms with van der Waals surface area (Å²) in [5.74, 6) is 0.973. The summed E-state index contributed by atoms with van der Waals surface area (Å²) in [5.41, 5.74) is 6.55. The Morgan fingerprint density at radius 2 is 2.00 bits per heavy atom. The number of nitrogens with zero attached hydrogens (tertiary/aromatic N) is 4. The minimum Gasteiger partial charge on any atom is -0.368 e. The van der Waals surface area contributed by atoms with Crippen molar-refractivity contribution < 1.29 is 0 Å². The van der Waals surface area contributed by atoms with Crippen LogP contribution in [0.25, 0.3) is 5.82 Å². The average molecular weight is 217 g/mol. The summed E-state index contributed by atoms with van der Waals surface area (Å²) >= 11 is 0. The SMILES string of the molecule is CC(C)(C)c1cc(-n2cccn2)nc(N)n1. The van der Waals surface area contributed by atoms with Crippen molar-refractivity contribution >= 4 is 5.95 Å². The number of nitrogen functional groups attached to an aromatic ring is 1. The van der Waals surface area contributed by atoms with Crippen LogP contribution in [-0.4, -0.2) is 19.7 Å². The van der Waals surface area contributed by atoms with Crippen molar-refractivity contribution in [3.8, 4) is 5.82 Å². The van der Waals surface area contributed by atoms with Crippen LogP contribution in [0.4, 0.5) is 5.95 Å². The van der Waals surface area contributed by atoms with Crippen molar-refractivity contribution in [1.29, 1.82) is 0 Å². The zero-order valence-electron chi connectivity index (χ0n) is 9.68. The first-order valence-corrected chi connectivity index (χ1v) is 5.12. The number of hydrogen-bond donors (Lipinski definition) is 1. The van der Waals surface area contributed by atoms with Crippen LogP contribution >= 0.6 is 0 Å². The number of rotatable bonds is 1. The highest BCUT2D eigenvalue weighted by Gasteiger charge is 2.17. The van der Waals surface area contributed by atoms with E-state index in [0.29, 0.717) is 5.82 Å². The third kappa shape index (κ3) is 2.03. The van der Waals surface area contributed by atoms with Gasteiger partial charge in [-0.3, -0.25) is 0 Å². The summed E-state index contributed by atoms with van der Waals surface area (Å²) in [6, 6.07) is 3.75. The first-order valence-electron chi connectivity index (χ1n) is 5.12. The molecule has 2 aromatic rings. The highest BCUT2D eigenvalue weighted by Crippen LogP contribution is 2.22. The minimum atomic E-state index is -0.0566. The van der Waals surface area contributed by atoms with Crippen LogP contribution in [-0.2, 0) is 5.41 Å². The van der Waals surface area contributed by atoms with Crippen molar-refractivity contribution in [2.45, 2.75) is 26.2 Å². The summed E-state index contributed by atoms with van der Waals surface area (Å²) in [6.07, 6.45) is 3.53. The molecular weight excluding hydrogens is 202 g/mol. The van der Waals surface area contributed by atoms with Gasteiger partial charge in [0.1, 0.15) is 0 Å². The van der Waals surface area contributed by atoms with Gasteiger partial charge in [0, 0.05) is 23.9 Å². The maximum absolute atomic E-state index is 5.70. The fourth-order valence-corrected chi connectivity index (χ4v) is 1.36. The molecule has 2 heterocycles. The third-order valence-electron chi connectivity index (χ3n) is 2.24. The summed E-state index contributed by atoms with van der Waals surface area (Å²) in [7, 11) is 0. The van der Waals surface area contributed by atoms with E-state index < -0.39 is 0 Å². The van der Waals surface area contributed by atoms with Gasteiger partial charge in [-0.15, -0.1) is 0 Å². The molecule has 0 radical (unpaired) electrons. The van der Waals surface area contributed by atoms with E-state index in [2.05, 4.69) is 35.8 Å². The van der Waals surface area contributed by atoms with E-state index in [1.165, 1.54) is 0 Å². The molecule has 0 aromatic carbocycles. The lowest BCUT2D eigenvalue weighted by Gasteiger charge is -2.18. The predicted molar refractivity (Wildman–Crippen MR) is 62.3 cm³/mol. The Balaban J connectivity index is 2.53. The van der Waals surface area contributed by atoms with Crippen molar-refractivity contribution in [3.05, 3.63) is 30.2 Å². The molecule has 0 fully saturated rings. The lowest BCUT2D eigenvalue weighted by Crippen LogP contribution is -2.16. The Bertz CT molecular complexity index is 482. The maximum atomic E-state index is 5.70. The van der Waals surface area contributed by atoms with E-state index in [0.717, 1.165) is 5.69 Å². The van der Waals surface area contributed by atoms with Crippen molar-refractivity contribution in [2.75, 3.05) is 5.73 Å². The van der Waals surface area contributed by atoms with E-state index in [9.17, 15) is 0 Å². The lowest BCUT2D eigenvalue weighted by molar-refractivity contribution is 0.566. The predicted octanol–water partition coefficient (Wildman–Crippen LogP) is 1.54. The molecule has 0 aliphatic heterocycles. The largest absolute Gasteiger partial charge is 0.368 e. The van der Waals surface area contributed by atoms with E-state index >= 15 is 0 Å². The average Bonchev–Trinajstić information content (AvgIpc) is 2.68. The van der Waals surface area contributed by atoms with Crippen LogP contribution in [0, 0.1) is 0 Å². The summed E-state index contributed by atoms with van der Waals surface area (Å²) in [6.45, 7) is 6.25. The van der Waals surface area contributed by atoms with Crippen LogP contribution < -0.4 is 5.73 Å². The summed E-state index contributed by atoms with van der Waals surface area (Å²) < 4.78 is 1.67. The molecule has 0 saturated carbocycles. The molecule has 0 aliphatic rings. The fraction of sp³-hybridized carbons (Fsp3) is 0.364. The molecule has 84 valence electrons. The second-order valence-corrected chi connectivity index (χ2v) is 4.67. The van der Waals surface area contributed by atoms with Crippen LogP contribution in [0.5, 0.6) is 0 Å². The van der Waals surface area contributed by atoms with Gasteiger partial charge in [-0.2, -0.15) is 10.1 Å². The Labute approximate surface area is 94.3 Å². The molecule has 0 spiro atoms. The highest BCUT2D eigenvalue weighted by molar-refractivity contribution is 5.33. The third-order valence-corrected chi connectivity index (χ3v) is 2.24. The first-order chi connectivity index (χ1) is 7.47. The van der Waals surface area contributed by atoms with Gasteiger partial charge in [0.2, 0.25) is 5.95 Å². The smallest absolute Gasteiger partial charge is 0.222 e. The Morgan fingerprint density at radius 3 is 2.56 bits per heavy atom. The van der Waals surface area contributed by atoms with E-state index in [1.807, 2.05) is 18.3 Å². The molecule has 0 atom stereocenters. The molecule has 2 rings (SSSR count). The van der Waals surface area contributed by atoms with E-state index in [4.69, 9.17) is 5.73 Å². The molecule has 5 heteroatoms. The standard InChI is InChI=1S/C11H15N5/c1-11(2,3)8-7-9(15-10(12)14-8)16-6-4-5-13-16/h4-7H,1-3H3,(H2,12,14,15). The lowest BCUT2D eigenvalue weighted by atomic mass is 9.92. The molecule has 0 amide bonds. The molecule has 2 aromatic heterocycles. The molecule has 16 heavy (non-hydrogen) atoms. The quantitative estimate of drug-likeness (QED) is 0.786. The Hall–Kier alpha value is -1.91. The zero-order chi connectivity index (χ0) is 11.8. The van der Waals surface area contributed by atoms with Crippen LogP contribution in [0.15, 0.2) is 24.5 Å².